The third kappa shape index (κ3) is 12.9. The van der Waals surface area contributed by atoms with Crippen LogP contribution in [0.1, 0.15) is 53.4 Å². The van der Waals surface area contributed by atoms with Crippen LogP contribution in [-0.4, -0.2) is 93.4 Å². The van der Waals surface area contributed by atoms with E-state index >= 15 is 0 Å². The first-order chi connectivity index (χ1) is 27.8. The Balaban J connectivity index is 0.000000223. The second kappa shape index (κ2) is 23.7. The minimum absolute atomic E-state index is 0.0299. The van der Waals surface area contributed by atoms with Crippen LogP contribution in [0.3, 0.4) is 0 Å². The zero-order valence-electron chi connectivity index (χ0n) is 33.4. The third-order valence-electron chi connectivity index (χ3n) is 9.92. The molecule has 0 aromatic heterocycles. The van der Waals surface area contributed by atoms with Crippen molar-refractivity contribution in [1.82, 2.24) is 20.9 Å². The molecule has 2 aromatic carbocycles. The molecule has 14 nitrogen and oxygen atoms in total. The van der Waals surface area contributed by atoms with E-state index in [1.807, 2.05) is 56.3 Å². The summed E-state index contributed by atoms with van der Waals surface area (Å²) in [5.74, 6) is -0.0757. The molecule has 2 aromatic rings. The zero-order valence-corrected chi connectivity index (χ0v) is 34.2. The average molecular weight is 799 g/mol. The normalized spacial score (nSPS) is 17.5. The molecular weight excluding hydrogens is 744 g/mol. The van der Waals surface area contributed by atoms with Crippen molar-refractivity contribution in [3.63, 3.8) is 0 Å². The van der Waals surface area contributed by atoms with Crippen LogP contribution in [0.2, 0.25) is 0 Å². The minimum atomic E-state index is -0.686. The molecule has 4 aliphatic heterocycles. The highest BCUT2D eigenvalue weighted by molar-refractivity contribution is 6.70. The highest BCUT2D eigenvalue weighted by Crippen LogP contribution is 2.34. The van der Waals surface area contributed by atoms with Gasteiger partial charge in [-0.25, -0.2) is 19.6 Å². The lowest BCUT2D eigenvalue weighted by molar-refractivity contribution is -0.140. The summed E-state index contributed by atoms with van der Waals surface area (Å²) in [5, 5.41) is 35.2. The van der Waals surface area contributed by atoms with Crippen LogP contribution in [0.5, 0.6) is 0 Å². The molecule has 304 valence electrons. The second-order valence-electron chi connectivity index (χ2n) is 13.6. The Morgan fingerprint density at radius 1 is 0.684 bits per heavy atom. The number of allylic oxidation sites excluding steroid dienone is 1. The standard InChI is InChI=1S/C21H27N5O2.C17H18ClN3O2.C4H10N2/c1-3-15(4-2)14-28-21(27)16(13-22)19-20(26-11-9-23-10-12-26)25-18-8-6-5-7-17(18)24-19;1-3-11(4-2)10-23-17(22)12(9-19)15-16(18)21-14-8-6-5-7-13(14)20-15;1-2-6-4-3-5-1/h5-8,15,23-24H,3-4,9-12,14H2,1-2H3;5-8,11,20H,3-4,10H2,1-2H3;5-6H,1-4H2/b19-16-;15-12-;. The number of fused-ring (bicyclic) bond motifs is 2. The number of aliphatic imine (C=N–C) groups is 2. The number of nitrogens with zero attached hydrogens (tertiary/aromatic N) is 5. The monoisotopic (exact) mass is 798 g/mol. The molecule has 0 saturated carbocycles. The predicted octanol–water partition coefficient (Wildman–Crippen LogP) is 6.12. The first kappa shape index (κ1) is 44.5. The van der Waals surface area contributed by atoms with E-state index in [0.29, 0.717) is 35.4 Å². The van der Waals surface area contributed by atoms with E-state index in [9.17, 15) is 20.1 Å². The molecule has 0 radical (unpaired) electrons. The number of nitriles is 2. The molecule has 0 aliphatic carbocycles. The van der Waals surface area contributed by atoms with Crippen molar-refractivity contribution >= 4 is 57.3 Å². The number of esters is 2. The number of carbonyl (C=O) groups excluding carboxylic acids is 2. The van der Waals surface area contributed by atoms with Gasteiger partial charge < -0.3 is 41.0 Å². The Labute approximate surface area is 341 Å². The lowest BCUT2D eigenvalue weighted by atomic mass is 10.1. The van der Waals surface area contributed by atoms with E-state index in [-0.39, 0.29) is 34.5 Å². The van der Waals surface area contributed by atoms with E-state index in [4.69, 9.17) is 26.1 Å². The van der Waals surface area contributed by atoms with E-state index < -0.39 is 11.9 Å². The maximum Gasteiger partial charge on any atom is 0.351 e. The molecule has 0 unspecified atom stereocenters. The number of anilines is 2. The molecular formula is C42H55ClN10O4. The van der Waals surface area contributed by atoms with Gasteiger partial charge in [-0.05, 0) is 36.1 Å². The fourth-order valence-electron chi connectivity index (χ4n) is 6.10. The van der Waals surface area contributed by atoms with Crippen LogP contribution in [0.25, 0.3) is 0 Å². The van der Waals surface area contributed by atoms with Crippen LogP contribution in [0.15, 0.2) is 81.1 Å². The topological polar surface area (TPSA) is 188 Å². The van der Waals surface area contributed by atoms with Crippen molar-refractivity contribution in [1.29, 1.82) is 10.5 Å². The van der Waals surface area contributed by atoms with E-state index in [2.05, 4.69) is 56.4 Å². The summed E-state index contributed by atoms with van der Waals surface area (Å²) >= 11 is 6.12. The molecule has 5 N–H and O–H groups in total. The van der Waals surface area contributed by atoms with Gasteiger partial charge in [-0.1, -0.05) is 89.2 Å². The van der Waals surface area contributed by atoms with Gasteiger partial charge in [0.25, 0.3) is 0 Å². The van der Waals surface area contributed by atoms with Gasteiger partial charge in [-0.15, -0.1) is 0 Å². The molecule has 4 heterocycles. The molecule has 15 heteroatoms. The van der Waals surface area contributed by atoms with Gasteiger partial charge >= 0.3 is 11.9 Å². The van der Waals surface area contributed by atoms with Gasteiger partial charge in [0.15, 0.2) is 22.2 Å². The van der Waals surface area contributed by atoms with Crippen LogP contribution < -0.4 is 26.6 Å². The average Bonchev–Trinajstić information content (AvgIpc) is 3.26. The van der Waals surface area contributed by atoms with E-state index in [0.717, 1.165) is 89.4 Å². The number of piperazine rings is 2. The molecule has 2 saturated heterocycles. The summed E-state index contributed by atoms with van der Waals surface area (Å²) < 4.78 is 10.7. The largest absolute Gasteiger partial charge is 0.461 e. The zero-order chi connectivity index (χ0) is 41.0. The predicted molar refractivity (Wildman–Crippen MR) is 226 cm³/mol. The van der Waals surface area contributed by atoms with Crippen molar-refractivity contribution in [3.05, 3.63) is 71.1 Å². The molecule has 0 amide bonds. The Morgan fingerprint density at radius 2 is 1.11 bits per heavy atom. The van der Waals surface area contributed by atoms with Crippen molar-refractivity contribution < 1.29 is 19.1 Å². The summed E-state index contributed by atoms with van der Waals surface area (Å²) in [6.07, 6.45) is 3.69. The fraction of sp³-hybridized carbons (Fsp3) is 0.476. The van der Waals surface area contributed by atoms with Crippen molar-refractivity contribution in [2.24, 2.45) is 21.8 Å². The van der Waals surface area contributed by atoms with Gasteiger partial charge in [0, 0.05) is 52.4 Å². The number of para-hydroxylation sites is 4. The van der Waals surface area contributed by atoms with Gasteiger partial charge in [0.05, 0.1) is 36.0 Å². The summed E-state index contributed by atoms with van der Waals surface area (Å²) in [5.41, 5.74) is 3.33. The van der Waals surface area contributed by atoms with Crippen LogP contribution in [-0.2, 0) is 19.1 Å². The number of carbonyl (C=O) groups is 2. The summed E-state index contributed by atoms with van der Waals surface area (Å²) in [6, 6.07) is 18.8. The Bertz CT molecular complexity index is 1870. The molecule has 0 atom stereocenters. The highest BCUT2D eigenvalue weighted by Gasteiger charge is 2.30. The number of nitrogens with one attached hydrogen (secondary N) is 5. The van der Waals surface area contributed by atoms with E-state index in [1.54, 1.807) is 12.1 Å². The summed E-state index contributed by atoms with van der Waals surface area (Å²) in [6.45, 7) is 16.5. The maximum absolute atomic E-state index is 12.7. The number of benzene rings is 2. The highest BCUT2D eigenvalue weighted by atomic mass is 35.5. The van der Waals surface area contributed by atoms with Gasteiger partial charge in [-0.2, -0.15) is 10.5 Å². The Hall–Kier alpha value is -5.25. The molecule has 6 rings (SSSR count). The number of hydrogen-bond acceptors (Lipinski definition) is 14. The third-order valence-corrected chi connectivity index (χ3v) is 10.2. The van der Waals surface area contributed by atoms with Crippen LogP contribution in [0, 0.1) is 34.5 Å². The van der Waals surface area contributed by atoms with E-state index in [1.165, 1.54) is 0 Å². The first-order valence-corrected chi connectivity index (χ1v) is 20.2. The van der Waals surface area contributed by atoms with Gasteiger partial charge in [0.2, 0.25) is 0 Å². The molecule has 4 aliphatic rings. The summed E-state index contributed by atoms with van der Waals surface area (Å²) in [4.78, 5) is 36.0. The number of halogens is 1. The van der Waals surface area contributed by atoms with Crippen molar-refractivity contribution in [3.8, 4) is 12.1 Å². The van der Waals surface area contributed by atoms with Crippen molar-refractivity contribution in [2.75, 3.05) is 76.2 Å². The minimum Gasteiger partial charge on any atom is -0.461 e. The quantitative estimate of drug-likeness (QED) is 0.105. The van der Waals surface area contributed by atoms with Gasteiger partial charge in [0.1, 0.15) is 23.5 Å². The molecule has 2 fully saturated rings. The Kier molecular flexibility index (Phi) is 18.5. The van der Waals surface area contributed by atoms with Crippen LogP contribution >= 0.6 is 11.6 Å². The number of hydrogen-bond donors (Lipinski definition) is 5. The SMILES string of the molecule is C1CNCCN1.CCC(CC)COC(=O)/C(C#N)=C1\Nc2ccccc2N=C1Cl.CCC(CC)COC(=O)/C(C#N)=C1\Nc2ccccc2N=C1N1CCNCC1. The van der Waals surface area contributed by atoms with Crippen LogP contribution in [0.4, 0.5) is 22.7 Å². The number of rotatable bonds is 10. The molecule has 0 spiro atoms. The fourth-order valence-corrected chi connectivity index (χ4v) is 6.33. The Morgan fingerprint density at radius 3 is 1.56 bits per heavy atom. The molecule has 0 bridgehead atoms. The maximum atomic E-state index is 12.7. The lowest BCUT2D eigenvalue weighted by Gasteiger charge is -2.34. The smallest absolute Gasteiger partial charge is 0.351 e. The first-order valence-electron chi connectivity index (χ1n) is 19.8. The lowest BCUT2D eigenvalue weighted by Crippen LogP contribution is -2.48. The van der Waals surface area contributed by atoms with Gasteiger partial charge in [-0.3, -0.25) is 0 Å². The summed E-state index contributed by atoms with van der Waals surface area (Å²) in [7, 11) is 0. The van der Waals surface area contributed by atoms with Crippen molar-refractivity contribution in [2.45, 2.75) is 53.4 Å². The second-order valence-corrected chi connectivity index (χ2v) is 14.0. The number of ether oxygens (including phenoxy) is 2. The molecule has 57 heavy (non-hydrogen) atoms. The number of amidine groups is 1.